The van der Waals surface area contributed by atoms with Crippen LogP contribution in [0.4, 0.5) is 0 Å². The first kappa shape index (κ1) is 14.8. The summed E-state index contributed by atoms with van der Waals surface area (Å²) in [7, 11) is -1.88. The van der Waals surface area contributed by atoms with E-state index in [-0.39, 0.29) is 0 Å². The predicted octanol–water partition coefficient (Wildman–Crippen LogP) is 3.54. The summed E-state index contributed by atoms with van der Waals surface area (Å²) in [5.41, 5.74) is 1.80. The second-order valence-corrected chi connectivity index (χ2v) is 8.93. The summed E-state index contributed by atoms with van der Waals surface area (Å²) in [6, 6.07) is 3.47. The number of rotatable bonds is 4. The predicted molar refractivity (Wildman–Crippen MR) is 78.9 cm³/mol. The second-order valence-electron chi connectivity index (χ2n) is 4.29. The van der Waals surface area contributed by atoms with E-state index in [9.17, 15) is 8.42 Å². The molecule has 2 heterocycles. The van der Waals surface area contributed by atoms with Gasteiger partial charge in [-0.1, -0.05) is 0 Å². The van der Waals surface area contributed by atoms with E-state index in [0.29, 0.717) is 10.8 Å². The molecule has 0 radical (unpaired) electrons. The van der Waals surface area contributed by atoms with Crippen LogP contribution < -0.4 is 0 Å². The van der Waals surface area contributed by atoms with E-state index < -0.39 is 10.0 Å². The number of furan rings is 1. The minimum absolute atomic E-state index is 0.305. The van der Waals surface area contributed by atoms with Gasteiger partial charge < -0.3 is 4.42 Å². The number of aryl methyl sites for hydroxylation is 2. The summed E-state index contributed by atoms with van der Waals surface area (Å²) in [6.45, 7) is 4.00. The highest BCUT2D eigenvalue weighted by Gasteiger charge is 2.24. The average Bonchev–Trinajstić information content (AvgIpc) is 2.87. The van der Waals surface area contributed by atoms with Crippen LogP contribution in [0.15, 0.2) is 30.8 Å². The summed E-state index contributed by atoms with van der Waals surface area (Å²) in [5.74, 6) is 0.741. The first-order valence-electron chi connectivity index (χ1n) is 5.57. The third kappa shape index (κ3) is 2.94. The zero-order chi connectivity index (χ0) is 14.2. The third-order valence-electron chi connectivity index (χ3n) is 2.86. The summed E-state index contributed by atoms with van der Waals surface area (Å²) in [6.07, 6.45) is 1.57. The molecule has 0 aliphatic heterocycles. The molecular formula is C12H14BrNO3S2. The van der Waals surface area contributed by atoms with Gasteiger partial charge in [0, 0.05) is 19.2 Å². The molecule has 104 valence electrons. The first-order chi connectivity index (χ1) is 8.82. The lowest BCUT2D eigenvalue weighted by Gasteiger charge is -2.15. The van der Waals surface area contributed by atoms with Crippen molar-refractivity contribution < 1.29 is 12.8 Å². The molecule has 0 unspecified atom stereocenters. The lowest BCUT2D eigenvalue weighted by molar-refractivity contribution is 0.460. The molecule has 2 rings (SSSR count). The van der Waals surface area contributed by atoms with Gasteiger partial charge in [-0.2, -0.15) is 4.31 Å². The molecule has 4 nitrogen and oxygen atoms in total. The highest BCUT2D eigenvalue weighted by molar-refractivity contribution is 9.11. The van der Waals surface area contributed by atoms with Crippen LogP contribution in [0.1, 0.15) is 16.9 Å². The molecule has 0 aliphatic carbocycles. The Hall–Kier alpha value is -0.630. The van der Waals surface area contributed by atoms with E-state index >= 15 is 0 Å². The SMILES string of the molecule is Cc1cc(S(=O)(=O)N(C)Cc2ccoc2C)sc1Br. The highest BCUT2D eigenvalue weighted by atomic mass is 79.9. The van der Waals surface area contributed by atoms with Gasteiger partial charge in [-0.15, -0.1) is 11.3 Å². The van der Waals surface area contributed by atoms with E-state index in [0.717, 1.165) is 20.7 Å². The molecule has 2 aromatic heterocycles. The number of nitrogens with zero attached hydrogens (tertiary/aromatic N) is 1. The molecule has 0 fully saturated rings. The molecule has 0 amide bonds. The Balaban J connectivity index is 2.27. The van der Waals surface area contributed by atoms with Crippen molar-refractivity contribution >= 4 is 37.3 Å². The van der Waals surface area contributed by atoms with Crippen LogP contribution in [0.2, 0.25) is 0 Å². The van der Waals surface area contributed by atoms with Gasteiger partial charge in [-0.3, -0.25) is 0 Å². The molecule has 2 aromatic rings. The van der Waals surface area contributed by atoms with Crippen molar-refractivity contribution in [2.45, 2.75) is 24.6 Å². The maximum Gasteiger partial charge on any atom is 0.252 e. The van der Waals surface area contributed by atoms with Crippen LogP contribution in [0.5, 0.6) is 0 Å². The molecule has 0 spiro atoms. The van der Waals surface area contributed by atoms with Gasteiger partial charge in [0.15, 0.2) is 0 Å². The van der Waals surface area contributed by atoms with Crippen molar-refractivity contribution in [3.8, 4) is 0 Å². The Morgan fingerprint density at radius 2 is 2.11 bits per heavy atom. The van der Waals surface area contributed by atoms with Crippen LogP contribution in [0.3, 0.4) is 0 Å². The summed E-state index contributed by atoms with van der Waals surface area (Å²) >= 11 is 4.58. The Kier molecular flexibility index (Phi) is 4.20. The smallest absolute Gasteiger partial charge is 0.252 e. The van der Waals surface area contributed by atoms with Crippen molar-refractivity contribution in [2.75, 3.05) is 7.05 Å². The average molecular weight is 364 g/mol. The van der Waals surface area contributed by atoms with Crippen molar-refractivity contribution in [3.63, 3.8) is 0 Å². The van der Waals surface area contributed by atoms with E-state index in [1.165, 1.54) is 15.6 Å². The monoisotopic (exact) mass is 363 g/mol. The largest absolute Gasteiger partial charge is 0.469 e. The summed E-state index contributed by atoms with van der Waals surface area (Å²) in [4.78, 5) is 0. The van der Waals surface area contributed by atoms with Crippen molar-refractivity contribution in [1.29, 1.82) is 0 Å². The fourth-order valence-corrected chi connectivity index (χ4v) is 5.20. The maximum atomic E-state index is 12.4. The fourth-order valence-electron chi connectivity index (χ4n) is 1.61. The van der Waals surface area contributed by atoms with Gasteiger partial charge in [0.1, 0.15) is 9.97 Å². The van der Waals surface area contributed by atoms with Crippen LogP contribution in [-0.4, -0.2) is 19.8 Å². The lowest BCUT2D eigenvalue weighted by atomic mass is 10.3. The van der Waals surface area contributed by atoms with E-state index in [4.69, 9.17) is 4.42 Å². The normalized spacial score (nSPS) is 12.3. The third-order valence-corrected chi connectivity index (χ3v) is 7.25. The van der Waals surface area contributed by atoms with Gasteiger partial charge >= 0.3 is 0 Å². The van der Waals surface area contributed by atoms with Crippen molar-refractivity contribution in [1.82, 2.24) is 4.31 Å². The van der Waals surface area contributed by atoms with Gasteiger partial charge in [0.05, 0.1) is 10.0 Å². The maximum absolute atomic E-state index is 12.4. The Bertz CT molecular complexity index is 668. The zero-order valence-corrected chi connectivity index (χ0v) is 14.0. The number of thiophene rings is 1. The van der Waals surface area contributed by atoms with Gasteiger partial charge in [0.25, 0.3) is 10.0 Å². The lowest BCUT2D eigenvalue weighted by Crippen LogP contribution is -2.25. The molecule has 0 atom stereocenters. The van der Waals surface area contributed by atoms with Crippen LogP contribution in [0.25, 0.3) is 0 Å². The first-order valence-corrected chi connectivity index (χ1v) is 8.62. The summed E-state index contributed by atoms with van der Waals surface area (Å²) in [5, 5.41) is 0. The number of hydrogen-bond donors (Lipinski definition) is 0. The topological polar surface area (TPSA) is 50.5 Å². The Labute approximate surface area is 125 Å². The number of halogens is 1. The molecule has 0 aromatic carbocycles. The van der Waals surface area contributed by atoms with Crippen LogP contribution in [-0.2, 0) is 16.6 Å². The Morgan fingerprint density at radius 1 is 1.42 bits per heavy atom. The molecule has 0 saturated heterocycles. The van der Waals surface area contributed by atoms with E-state index in [2.05, 4.69) is 15.9 Å². The molecule has 0 saturated carbocycles. The Morgan fingerprint density at radius 3 is 2.58 bits per heavy atom. The van der Waals surface area contributed by atoms with Crippen molar-refractivity contribution in [2.24, 2.45) is 0 Å². The van der Waals surface area contributed by atoms with Crippen LogP contribution in [0, 0.1) is 13.8 Å². The minimum atomic E-state index is -3.45. The zero-order valence-electron chi connectivity index (χ0n) is 10.8. The molecule has 0 aliphatic rings. The molecule has 19 heavy (non-hydrogen) atoms. The fraction of sp³-hybridized carbons (Fsp3) is 0.333. The quantitative estimate of drug-likeness (QED) is 0.834. The van der Waals surface area contributed by atoms with E-state index in [1.54, 1.807) is 25.4 Å². The van der Waals surface area contributed by atoms with E-state index in [1.807, 2.05) is 13.8 Å². The van der Waals surface area contributed by atoms with Gasteiger partial charge in [0.2, 0.25) is 0 Å². The second kappa shape index (κ2) is 5.40. The van der Waals surface area contributed by atoms with Gasteiger partial charge in [-0.05, 0) is 47.5 Å². The molecule has 0 N–H and O–H groups in total. The molecule has 7 heteroatoms. The van der Waals surface area contributed by atoms with Gasteiger partial charge in [-0.25, -0.2) is 8.42 Å². The summed E-state index contributed by atoms with van der Waals surface area (Å²) < 4.78 is 32.6. The highest BCUT2D eigenvalue weighted by Crippen LogP contribution is 2.32. The molecule has 0 bridgehead atoms. The number of hydrogen-bond acceptors (Lipinski definition) is 4. The standard InChI is InChI=1S/C12H14BrNO3S2/c1-8-6-11(18-12(8)13)19(15,16)14(3)7-10-4-5-17-9(10)2/h4-6H,7H2,1-3H3. The number of sulfonamides is 1. The molecular weight excluding hydrogens is 350 g/mol. The minimum Gasteiger partial charge on any atom is -0.469 e. The van der Waals surface area contributed by atoms with Crippen LogP contribution >= 0.6 is 27.3 Å². The van der Waals surface area contributed by atoms with Crippen molar-refractivity contribution in [3.05, 3.63) is 39.1 Å².